The van der Waals surface area contributed by atoms with Gasteiger partial charge in [0, 0.05) is 12.0 Å². The summed E-state index contributed by atoms with van der Waals surface area (Å²) in [5.41, 5.74) is 7.81. The van der Waals surface area contributed by atoms with Crippen molar-refractivity contribution in [2.75, 3.05) is 18.0 Å². The van der Waals surface area contributed by atoms with Gasteiger partial charge in [0.1, 0.15) is 30.9 Å². The minimum atomic E-state index is -0.321. The molecule has 2 atom stereocenters. The molecule has 1 N–H and O–H groups in total. The van der Waals surface area contributed by atoms with Crippen LogP contribution in [0.25, 0.3) is 0 Å². The molecule has 0 unspecified atom stereocenters. The third-order valence-electron chi connectivity index (χ3n) is 5.33. The van der Waals surface area contributed by atoms with Crippen LogP contribution in [-0.4, -0.2) is 35.2 Å². The zero-order valence-electron chi connectivity index (χ0n) is 14.7. The fraction of sp³-hybridized carbons (Fsp3) is 0.381. The van der Waals surface area contributed by atoms with Crippen LogP contribution in [0, 0.1) is 20.8 Å². The third kappa shape index (κ3) is 2.44. The smallest absolute Gasteiger partial charge is 0.240 e. The molecule has 1 aliphatic heterocycles. The van der Waals surface area contributed by atoms with Gasteiger partial charge in [0.25, 0.3) is 0 Å². The molecular formula is C21H25N2O+. The number of hydrogen-bond donors (Lipinski definition) is 1. The molecule has 3 nitrogen and oxygen atoms in total. The molecule has 0 radical (unpaired) electrons. The van der Waals surface area contributed by atoms with Crippen LogP contribution in [0.1, 0.15) is 33.9 Å². The third-order valence-corrected chi connectivity index (χ3v) is 5.33. The number of nitrogens with zero attached hydrogens (tertiary/aromatic N) is 2. The van der Waals surface area contributed by atoms with Crippen molar-refractivity contribution in [3.63, 3.8) is 0 Å². The van der Waals surface area contributed by atoms with Crippen molar-refractivity contribution in [2.45, 2.75) is 39.3 Å². The van der Waals surface area contributed by atoms with Gasteiger partial charge >= 0.3 is 0 Å². The Bertz CT molecular complexity index is 801. The van der Waals surface area contributed by atoms with E-state index in [4.69, 9.17) is 0 Å². The van der Waals surface area contributed by atoms with E-state index in [1.165, 1.54) is 33.5 Å². The molecule has 24 heavy (non-hydrogen) atoms. The fourth-order valence-electron chi connectivity index (χ4n) is 4.48. The SMILES string of the molecule is Cc1cc(C)c(N2C=[N+]([C@H]3c4ccccc4C[C@H]3O)CC2)c(C)c1. The number of aliphatic hydroxyl groups is 1. The van der Waals surface area contributed by atoms with Crippen LogP contribution < -0.4 is 4.90 Å². The molecule has 0 fully saturated rings. The topological polar surface area (TPSA) is 26.5 Å². The van der Waals surface area contributed by atoms with Gasteiger partial charge in [-0.3, -0.25) is 4.58 Å². The van der Waals surface area contributed by atoms with Crippen molar-refractivity contribution in [2.24, 2.45) is 0 Å². The molecule has 0 bridgehead atoms. The van der Waals surface area contributed by atoms with Gasteiger partial charge in [0.15, 0.2) is 0 Å². The summed E-state index contributed by atoms with van der Waals surface area (Å²) in [6.07, 6.45) is 2.65. The zero-order chi connectivity index (χ0) is 16.8. The molecule has 3 heteroatoms. The lowest BCUT2D eigenvalue weighted by atomic mass is 10.0. The van der Waals surface area contributed by atoms with E-state index in [9.17, 15) is 5.11 Å². The predicted octanol–water partition coefficient (Wildman–Crippen LogP) is 3.13. The summed E-state index contributed by atoms with van der Waals surface area (Å²) in [7, 11) is 0. The first kappa shape index (κ1) is 15.4. The van der Waals surface area contributed by atoms with Gasteiger partial charge in [-0.25, -0.2) is 4.90 Å². The molecular weight excluding hydrogens is 296 g/mol. The second kappa shape index (κ2) is 5.75. The molecule has 2 aliphatic rings. The van der Waals surface area contributed by atoms with E-state index >= 15 is 0 Å². The van der Waals surface area contributed by atoms with Gasteiger partial charge in [-0.05, 0) is 37.5 Å². The Morgan fingerprint density at radius 1 is 1.08 bits per heavy atom. The summed E-state index contributed by atoms with van der Waals surface area (Å²) in [5, 5.41) is 10.6. The Kier molecular flexibility index (Phi) is 3.69. The maximum absolute atomic E-state index is 10.6. The minimum Gasteiger partial charge on any atom is -0.388 e. The highest BCUT2D eigenvalue weighted by Gasteiger charge is 2.39. The second-order valence-electron chi connectivity index (χ2n) is 7.21. The number of anilines is 1. The number of benzene rings is 2. The number of aliphatic hydroxyl groups excluding tert-OH is 1. The van der Waals surface area contributed by atoms with E-state index in [0.717, 1.165) is 19.5 Å². The minimum absolute atomic E-state index is 0.0808. The maximum atomic E-state index is 10.6. The molecule has 124 valence electrons. The Morgan fingerprint density at radius 3 is 2.54 bits per heavy atom. The zero-order valence-corrected chi connectivity index (χ0v) is 14.7. The lowest BCUT2D eigenvalue weighted by Gasteiger charge is -2.15. The van der Waals surface area contributed by atoms with Crippen molar-refractivity contribution in [3.05, 3.63) is 64.2 Å². The lowest BCUT2D eigenvalue weighted by molar-refractivity contribution is -0.568. The van der Waals surface area contributed by atoms with E-state index in [0.29, 0.717) is 0 Å². The quantitative estimate of drug-likeness (QED) is 0.860. The second-order valence-corrected chi connectivity index (χ2v) is 7.21. The van der Waals surface area contributed by atoms with Crippen molar-refractivity contribution in [1.29, 1.82) is 0 Å². The highest BCUT2D eigenvalue weighted by molar-refractivity contribution is 5.81. The van der Waals surface area contributed by atoms with Crippen LogP contribution in [0.15, 0.2) is 36.4 Å². The summed E-state index contributed by atoms with van der Waals surface area (Å²) < 4.78 is 2.31. The molecule has 4 rings (SSSR count). The van der Waals surface area contributed by atoms with Crippen LogP contribution in [0.5, 0.6) is 0 Å². The lowest BCUT2D eigenvalue weighted by Crippen LogP contribution is -2.26. The highest BCUT2D eigenvalue weighted by Crippen LogP contribution is 2.35. The van der Waals surface area contributed by atoms with Gasteiger partial charge in [-0.2, -0.15) is 0 Å². The summed E-state index contributed by atoms with van der Waals surface area (Å²) in [6.45, 7) is 8.44. The molecule has 0 saturated carbocycles. The van der Waals surface area contributed by atoms with Crippen molar-refractivity contribution < 1.29 is 9.68 Å². The Balaban J connectivity index is 1.69. The van der Waals surface area contributed by atoms with Gasteiger partial charge in [0.05, 0.1) is 0 Å². The first-order valence-electron chi connectivity index (χ1n) is 8.75. The van der Waals surface area contributed by atoms with Crippen molar-refractivity contribution in [3.8, 4) is 0 Å². The van der Waals surface area contributed by atoms with Crippen LogP contribution in [0.2, 0.25) is 0 Å². The summed E-state index contributed by atoms with van der Waals surface area (Å²) in [4.78, 5) is 2.34. The van der Waals surface area contributed by atoms with E-state index in [-0.39, 0.29) is 12.1 Å². The van der Waals surface area contributed by atoms with Crippen LogP contribution in [0.3, 0.4) is 0 Å². The number of aryl methyl sites for hydroxylation is 3. The summed E-state index contributed by atoms with van der Waals surface area (Å²) in [6, 6.07) is 13.0. The average molecular weight is 321 g/mol. The normalized spacial score (nSPS) is 22.7. The first-order valence-corrected chi connectivity index (χ1v) is 8.75. The largest absolute Gasteiger partial charge is 0.388 e. The van der Waals surface area contributed by atoms with E-state index in [2.05, 4.69) is 73.0 Å². The van der Waals surface area contributed by atoms with Crippen LogP contribution in [0.4, 0.5) is 5.69 Å². The summed E-state index contributed by atoms with van der Waals surface area (Å²) in [5.74, 6) is 0. The molecule has 2 aromatic rings. The molecule has 1 aliphatic carbocycles. The number of fused-ring (bicyclic) bond motifs is 1. The molecule has 1 heterocycles. The Labute approximate surface area is 143 Å². The van der Waals surface area contributed by atoms with Crippen molar-refractivity contribution in [1.82, 2.24) is 0 Å². The fourth-order valence-corrected chi connectivity index (χ4v) is 4.48. The number of rotatable bonds is 2. The molecule has 0 saturated heterocycles. The van der Waals surface area contributed by atoms with Gasteiger partial charge < -0.3 is 5.11 Å². The average Bonchev–Trinajstić information content (AvgIpc) is 3.09. The predicted molar refractivity (Wildman–Crippen MR) is 98.1 cm³/mol. The maximum Gasteiger partial charge on any atom is 0.240 e. The molecule has 0 aromatic heterocycles. The first-order chi connectivity index (χ1) is 11.5. The Morgan fingerprint density at radius 2 is 1.79 bits per heavy atom. The molecule has 2 aromatic carbocycles. The van der Waals surface area contributed by atoms with Gasteiger partial charge in [0.2, 0.25) is 6.34 Å². The van der Waals surface area contributed by atoms with E-state index < -0.39 is 0 Å². The van der Waals surface area contributed by atoms with Crippen LogP contribution >= 0.6 is 0 Å². The highest BCUT2D eigenvalue weighted by atomic mass is 16.3. The van der Waals surface area contributed by atoms with E-state index in [1.54, 1.807) is 0 Å². The summed E-state index contributed by atoms with van der Waals surface area (Å²) >= 11 is 0. The molecule has 0 amide bonds. The monoisotopic (exact) mass is 321 g/mol. The molecule has 0 spiro atoms. The van der Waals surface area contributed by atoms with Gasteiger partial charge in [-0.1, -0.05) is 42.0 Å². The standard InChI is InChI=1S/C21H25N2O/c1-14-10-15(2)20(16(3)11-14)22-8-9-23(13-22)21-18-7-5-4-6-17(18)12-19(21)24/h4-7,10-11,13,19,21,24H,8-9,12H2,1-3H3/q+1/t19-,21+/m1/s1. The van der Waals surface area contributed by atoms with Gasteiger partial charge in [-0.15, -0.1) is 0 Å². The van der Waals surface area contributed by atoms with Crippen molar-refractivity contribution >= 4 is 12.0 Å². The van der Waals surface area contributed by atoms with E-state index in [1.807, 2.05) is 0 Å². The number of hydrogen-bond acceptors (Lipinski definition) is 2. The van der Waals surface area contributed by atoms with Crippen LogP contribution in [-0.2, 0) is 6.42 Å². The Hall–Kier alpha value is -2.13.